The first-order valence-corrected chi connectivity index (χ1v) is 2.85. The summed E-state index contributed by atoms with van der Waals surface area (Å²) in [4.78, 5) is 0. The molecule has 0 heterocycles. The topological polar surface area (TPSA) is 26.0 Å². The molecule has 0 saturated carbocycles. The van der Waals surface area contributed by atoms with Gasteiger partial charge >= 0.3 is 0 Å². The van der Waals surface area contributed by atoms with Gasteiger partial charge in [-0.3, -0.25) is 0 Å². The van der Waals surface area contributed by atoms with Gasteiger partial charge in [-0.2, -0.15) is 0 Å². The van der Waals surface area contributed by atoms with Crippen LogP contribution in [0, 0.1) is 0 Å². The second-order valence-electron chi connectivity index (χ2n) is 1.52. The minimum Gasteiger partial charge on any atom is -0.399 e. The Kier molecular flexibility index (Phi) is 3.37. The van der Waals surface area contributed by atoms with Crippen molar-refractivity contribution in [2.24, 2.45) is 5.73 Å². The van der Waals surface area contributed by atoms with Gasteiger partial charge in [-0.15, -0.1) is 0 Å². The number of hydrogen-bond donors (Lipinski definition) is 1. The predicted octanol–water partition coefficient (Wildman–Crippen LogP) is 1.99. The summed E-state index contributed by atoms with van der Waals surface area (Å²) in [5.74, 6) is 0. The van der Waals surface area contributed by atoms with Crippen molar-refractivity contribution in [1.82, 2.24) is 0 Å². The van der Waals surface area contributed by atoms with Crippen LogP contribution in [-0.2, 0) is 0 Å². The van der Waals surface area contributed by atoms with Crippen LogP contribution in [0.25, 0.3) is 0 Å². The molecule has 2 heteroatoms. The maximum atomic E-state index is 5.58. The smallest absolute Gasteiger partial charge is 0.0252 e. The lowest BCUT2D eigenvalue weighted by Gasteiger charge is -1.89. The fraction of sp³-hybridized carbons (Fsp3) is 0.333. The quantitative estimate of drug-likeness (QED) is 0.570. The van der Waals surface area contributed by atoms with Crippen LogP contribution in [0.15, 0.2) is 23.4 Å². The van der Waals surface area contributed by atoms with Gasteiger partial charge < -0.3 is 5.73 Å². The van der Waals surface area contributed by atoms with Gasteiger partial charge in [0.15, 0.2) is 0 Å². The van der Waals surface area contributed by atoms with E-state index in [1.165, 1.54) is 0 Å². The number of halogens is 1. The minimum absolute atomic E-state index is 0.511. The van der Waals surface area contributed by atoms with Crippen molar-refractivity contribution in [2.75, 3.05) is 0 Å². The molecule has 0 fully saturated rings. The van der Waals surface area contributed by atoms with E-state index in [0.29, 0.717) is 5.70 Å². The summed E-state index contributed by atoms with van der Waals surface area (Å²) in [6.07, 6.45) is 2.47. The number of hydrogen-bond acceptors (Lipinski definition) is 1. The standard InChI is InChI=1S/C6H10ClN/c1-3-6(7)4-5(2)8/h4H,2-3,8H2,1H3/b6-4+. The molecule has 0 aromatic rings. The molecule has 0 atom stereocenters. The fourth-order valence-corrected chi connectivity index (χ4v) is 0.443. The molecule has 2 N–H and O–H groups in total. The predicted molar refractivity (Wildman–Crippen MR) is 37.6 cm³/mol. The molecule has 0 aromatic carbocycles. The number of rotatable bonds is 2. The summed E-state index contributed by atoms with van der Waals surface area (Å²) >= 11 is 5.58. The molecule has 0 aromatic heterocycles. The number of allylic oxidation sites excluding steroid dienone is 2. The summed E-state index contributed by atoms with van der Waals surface area (Å²) in [7, 11) is 0. The Balaban J connectivity index is 3.75. The van der Waals surface area contributed by atoms with Crippen molar-refractivity contribution >= 4 is 11.6 Å². The first kappa shape index (κ1) is 7.57. The van der Waals surface area contributed by atoms with Gasteiger partial charge in [-0.05, 0) is 12.5 Å². The molecular weight excluding hydrogens is 122 g/mol. The Morgan fingerprint density at radius 1 is 1.88 bits per heavy atom. The van der Waals surface area contributed by atoms with Crippen LogP contribution in [-0.4, -0.2) is 0 Å². The van der Waals surface area contributed by atoms with Crippen LogP contribution in [0.1, 0.15) is 13.3 Å². The van der Waals surface area contributed by atoms with Crippen LogP contribution in [0.2, 0.25) is 0 Å². The molecule has 0 bridgehead atoms. The summed E-state index contributed by atoms with van der Waals surface area (Å²) in [5, 5.41) is 0.748. The van der Waals surface area contributed by atoms with E-state index in [9.17, 15) is 0 Å². The average molecular weight is 132 g/mol. The zero-order valence-electron chi connectivity index (χ0n) is 4.95. The first-order chi connectivity index (χ1) is 3.66. The van der Waals surface area contributed by atoms with Crippen LogP contribution < -0.4 is 5.73 Å². The zero-order chi connectivity index (χ0) is 6.57. The minimum atomic E-state index is 0.511. The molecule has 0 aliphatic rings. The molecule has 0 aliphatic heterocycles. The average Bonchev–Trinajstić information content (AvgIpc) is 1.65. The normalized spacial score (nSPS) is 11.5. The third-order valence-corrected chi connectivity index (χ3v) is 1.06. The Morgan fingerprint density at radius 2 is 2.38 bits per heavy atom. The van der Waals surface area contributed by atoms with E-state index in [-0.39, 0.29) is 0 Å². The summed E-state index contributed by atoms with van der Waals surface area (Å²) in [5.41, 5.74) is 5.72. The van der Waals surface area contributed by atoms with Crippen LogP contribution in [0.5, 0.6) is 0 Å². The highest BCUT2D eigenvalue weighted by molar-refractivity contribution is 6.29. The molecule has 0 aliphatic carbocycles. The van der Waals surface area contributed by atoms with Crippen molar-refractivity contribution in [3.05, 3.63) is 23.4 Å². The lowest BCUT2D eigenvalue weighted by Crippen LogP contribution is -1.89. The van der Waals surface area contributed by atoms with Gasteiger partial charge in [0.2, 0.25) is 0 Å². The fourth-order valence-electron chi connectivity index (χ4n) is 0.303. The molecule has 0 rings (SSSR count). The molecule has 0 amide bonds. The highest BCUT2D eigenvalue weighted by Crippen LogP contribution is 2.06. The Morgan fingerprint density at radius 3 is 2.50 bits per heavy atom. The largest absolute Gasteiger partial charge is 0.399 e. The third kappa shape index (κ3) is 3.75. The van der Waals surface area contributed by atoms with Gasteiger partial charge in [0.1, 0.15) is 0 Å². The Hall–Kier alpha value is -0.430. The SMILES string of the molecule is C=C(N)/C=C(/Cl)CC. The monoisotopic (exact) mass is 131 g/mol. The Bertz CT molecular complexity index is 116. The first-order valence-electron chi connectivity index (χ1n) is 2.47. The van der Waals surface area contributed by atoms with Crippen molar-refractivity contribution in [1.29, 1.82) is 0 Å². The van der Waals surface area contributed by atoms with Gasteiger partial charge in [0.25, 0.3) is 0 Å². The van der Waals surface area contributed by atoms with Crippen molar-refractivity contribution in [3.8, 4) is 0 Å². The zero-order valence-corrected chi connectivity index (χ0v) is 5.70. The van der Waals surface area contributed by atoms with Gasteiger partial charge in [0.05, 0.1) is 0 Å². The highest BCUT2D eigenvalue weighted by Gasteiger charge is 1.83. The maximum absolute atomic E-state index is 5.58. The van der Waals surface area contributed by atoms with E-state index in [0.717, 1.165) is 11.5 Å². The highest BCUT2D eigenvalue weighted by atomic mass is 35.5. The summed E-state index contributed by atoms with van der Waals surface area (Å²) in [6, 6.07) is 0. The molecular formula is C6H10ClN. The van der Waals surface area contributed by atoms with Crippen molar-refractivity contribution < 1.29 is 0 Å². The molecule has 0 spiro atoms. The van der Waals surface area contributed by atoms with Gasteiger partial charge in [-0.1, -0.05) is 25.1 Å². The lowest BCUT2D eigenvalue weighted by molar-refractivity contribution is 1.18. The molecule has 0 saturated heterocycles. The van der Waals surface area contributed by atoms with Crippen LogP contribution >= 0.6 is 11.6 Å². The molecule has 0 radical (unpaired) electrons. The van der Waals surface area contributed by atoms with Crippen LogP contribution in [0.4, 0.5) is 0 Å². The third-order valence-electron chi connectivity index (χ3n) is 0.680. The van der Waals surface area contributed by atoms with E-state index < -0.39 is 0 Å². The lowest BCUT2D eigenvalue weighted by atomic mass is 10.4. The number of nitrogens with two attached hydrogens (primary N) is 1. The molecule has 46 valence electrons. The second kappa shape index (κ2) is 3.56. The summed E-state index contributed by atoms with van der Waals surface area (Å²) in [6.45, 7) is 5.42. The van der Waals surface area contributed by atoms with Crippen LogP contribution in [0.3, 0.4) is 0 Å². The van der Waals surface area contributed by atoms with E-state index in [4.69, 9.17) is 17.3 Å². The van der Waals surface area contributed by atoms with Crippen molar-refractivity contribution in [3.63, 3.8) is 0 Å². The molecule has 1 nitrogen and oxygen atoms in total. The van der Waals surface area contributed by atoms with E-state index in [1.807, 2.05) is 6.92 Å². The summed E-state index contributed by atoms with van der Waals surface area (Å²) < 4.78 is 0. The Labute approximate surface area is 54.8 Å². The van der Waals surface area contributed by atoms with E-state index >= 15 is 0 Å². The molecule has 0 unspecified atom stereocenters. The molecule has 8 heavy (non-hydrogen) atoms. The van der Waals surface area contributed by atoms with Gasteiger partial charge in [0, 0.05) is 10.7 Å². The maximum Gasteiger partial charge on any atom is 0.0252 e. The van der Waals surface area contributed by atoms with E-state index in [2.05, 4.69) is 6.58 Å². The van der Waals surface area contributed by atoms with Gasteiger partial charge in [-0.25, -0.2) is 0 Å². The van der Waals surface area contributed by atoms with Crippen molar-refractivity contribution in [2.45, 2.75) is 13.3 Å². The second-order valence-corrected chi connectivity index (χ2v) is 2.01. The van der Waals surface area contributed by atoms with E-state index in [1.54, 1.807) is 6.08 Å².